The Kier molecular flexibility index (Phi) is 6.01. The molecule has 2 N–H and O–H groups in total. The Bertz CT molecular complexity index is 1210. The van der Waals surface area contributed by atoms with E-state index in [1.165, 1.54) is 4.31 Å². The van der Waals surface area contributed by atoms with Gasteiger partial charge in [-0.2, -0.15) is 0 Å². The quantitative estimate of drug-likeness (QED) is 0.603. The van der Waals surface area contributed by atoms with Crippen LogP contribution in [0.2, 0.25) is 0 Å². The Labute approximate surface area is 179 Å². The number of anilines is 1. The third-order valence-electron chi connectivity index (χ3n) is 5.25. The molecule has 1 aliphatic rings. The number of aromatic nitrogens is 2. The first-order valence-electron chi connectivity index (χ1n) is 9.90. The first kappa shape index (κ1) is 21.0. The van der Waals surface area contributed by atoms with Crippen LogP contribution in [0.15, 0.2) is 63.9 Å². The highest BCUT2D eigenvalue weighted by Crippen LogP contribution is 2.24. The maximum Gasteiger partial charge on any atom is 0.439 e. The molecule has 3 aromatic rings. The number of rotatable bonds is 6. The van der Waals surface area contributed by atoms with Crippen LogP contribution in [-0.4, -0.2) is 41.9 Å². The lowest BCUT2D eigenvalue weighted by Crippen LogP contribution is -2.41. The first-order chi connectivity index (χ1) is 14.9. The summed E-state index contributed by atoms with van der Waals surface area (Å²) in [5.41, 5.74) is 1.91. The monoisotopic (exact) mass is 442 g/mol. The molecule has 0 aliphatic carbocycles. The second-order valence-corrected chi connectivity index (χ2v) is 9.40. The molecule has 1 amide bonds. The largest absolute Gasteiger partial charge is 0.439 e. The van der Waals surface area contributed by atoms with E-state index in [0.717, 1.165) is 5.56 Å². The van der Waals surface area contributed by atoms with Crippen molar-refractivity contribution in [2.24, 2.45) is 5.92 Å². The van der Waals surface area contributed by atoms with Gasteiger partial charge < -0.3 is 5.32 Å². The molecule has 0 bridgehead atoms. The van der Waals surface area contributed by atoms with E-state index in [1.807, 2.05) is 18.2 Å². The number of hydrogen-bond acceptors (Lipinski definition) is 6. The summed E-state index contributed by atoms with van der Waals surface area (Å²) in [5, 5.41) is 6.50. The average molecular weight is 442 g/mol. The number of nitrogens with zero attached hydrogens (tertiary/aromatic N) is 2. The molecule has 0 spiro atoms. The van der Waals surface area contributed by atoms with Gasteiger partial charge in [0.1, 0.15) is 0 Å². The summed E-state index contributed by atoms with van der Waals surface area (Å²) in [6.07, 6.45) is 0.909. The zero-order valence-corrected chi connectivity index (χ0v) is 17.5. The summed E-state index contributed by atoms with van der Waals surface area (Å²) in [4.78, 5) is 26.3. The van der Waals surface area contributed by atoms with Gasteiger partial charge in [0.25, 0.3) is 0 Å². The van der Waals surface area contributed by atoms with E-state index in [9.17, 15) is 18.0 Å². The lowest BCUT2D eigenvalue weighted by Gasteiger charge is -2.30. The summed E-state index contributed by atoms with van der Waals surface area (Å²) in [7, 11) is -3.42. The Morgan fingerprint density at radius 2 is 1.87 bits per heavy atom. The minimum atomic E-state index is -3.42. The SMILES string of the molecule is O=C(Nc1cccc(-c2noc(=O)[nH]2)c1)C1CCN(S(=O)(=O)Cc2ccccc2)CC1. The van der Waals surface area contributed by atoms with E-state index in [0.29, 0.717) is 37.2 Å². The van der Waals surface area contributed by atoms with Crippen LogP contribution in [0.4, 0.5) is 5.69 Å². The molecule has 31 heavy (non-hydrogen) atoms. The van der Waals surface area contributed by atoms with E-state index in [-0.39, 0.29) is 23.4 Å². The fraction of sp³-hybridized carbons (Fsp3) is 0.286. The van der Waals surface area contributed by atoms with Gasteiger partial charge in [-0.3, -0.25) is 14.3 Å². The number of carbonyl (C=O) groups excluding carboxylic acids is 1. The predicted octanol–water partition coefficient (Wildman–Crippen LogP) is 2.21. The van der Waals surface area contributed by atoms with Gasteiger partial charge in [-0.1, -0.05) is 47.6 Å². The molecule has 2 aromatic carbocycles. The Balaban J connectivity index is 1.35. The number of sulfonamides is 1. The lowest BCUT2D eigenvalue weighted by atomic mass is 9.97. The molecular formula is C21H22N4O5S. The molecule has 10 heteroatoms. The maximum atomic E-state index is 12.7. The van der Waals surface area contributed by atoms with Gasteiger partial charge in [0, 0.05) is 30.3 Å². The molecular weight excluding hydrogens is 420 g/mol. The highest BCUT2D eigenvalue weighted by atomic mass is 32.2. The van der Waals surface area contributed by atoms with Crippen molar-refractivity contribution in [2.45, 2.75) is 18.6 Å². The number of H-pyrrole nitrogens is 1. The second-order valence-electron chi connectivity index (χ2n) is 7.43. The zero-order chi connectivity index (χ0) is 21.8. The average Bonchev–Trinajstić information content (AvgIpc) is 3.21. The van der Waals surface area contributed by atoms with Crippen LogP contribution < -0.4 is 11.1 Å². The normalized spacial score (nSPS) is 15.6. The van der Waals surface area contributed by atoms with Gasteiger partial charge in [-0.05, 0) is 30.5 Å². The van der Waals surface area contributed by atoms with Crippen molar-refractivity contribution in [3.8, 4) is 11.4 Å². The van der Waals surface area contributed by atoms with Crippen LogP contribution in [0.25, 0.3) is 11.4 Å². The third kappa shape index (κ3) is 5.09. The highest BCUT2D eigenvalue weighted by molar-refractivity contribution is 7.88. The van der Waals surface area contributed by atoms with E-state index >= 15 is 0 Å². The summed E-state index contributed by atoms with van der Waals surface area (Å²) in [5.74, 6) is -0.859. The van der Waals surface area contributed by atoms with Crippen molar-refractivity contribution >= 4 is 21.6 Å². The molecule has 1 fully saturated rings. The number of nitrogens with one attached hydrogen (secondary N) is 2. The van der Waals surface area contributed by atoms with Gasteiger partial charge in [0.05, 0.1) is 5.75 Å². The van der Waals surface area contributed by atoms with Gasteiger partial charge in [0.15, 0.2) is 5.82 Å². The number of aromatic amines is 1. The van der Waals surface area contributed by atoms with Crippen LogP contribution in [0, 0.1) is 5.92 Å². The van der Waals surface area contributed by atoms with Crippen molar-refractivity contribution < 1.29 is 17.7 Å². The summed E-state index contributed by atoms with van der Waals surface area (Å²) < 4.78 is 31.3. The van der Waals surface area contributed by atoms with Crippen LogP contribution in [0.5, 0.6) is 0 Å². The molecule has 0 unspecified atom stereocenters. The smallest absolute Gasteiger partial charge is 0.326 e. The molecule has 1 saturated heterocycles. The topological polar surface area (TPSA) is 125 Å². The Morgan fingerprint density at radius 3 is 2.55 bits per heavy atom. The first-order valence-corrected chi connectivity index (χ1v) is 11.5. The van der Waals surface area contributed by atoms with E-state index in [4.69, 9.17) is 0 Å². The fourth-order valence-corrected chi connectivity index (χ4v) is 5.18. The Morgan fingerprint density at radius 1 is 1.13 bits per heavy atom. The van der Waals surface area contributed by atoms with E-state index < -0.39 is 15.8 Å². The third-order valence-corrected chi connectivity index (χ3v) is 7.10. The molecule has 0 saturated carbocycles. The number of hydrogen-bond donors (Lipinski definition) is 2. The van der Waals surface area contributed by atoms with Gasteiger partial charge in [0.2, 0.25) is 15.9 Å². The highest BCUT2D eigenvalue weighted by Gasteiger charge is 2.31. The van der Waals surface area contributed by atoms with Crippen molar-refractivity contribution in [1.82, 2.24) is 14.4 Å². The minimum absolute atomic E-state index is 0.0400. The molecule has 1 aliphatic heterocycles. The van der Waals surface area contributed by atoms with Gasteiger partial charge in [-0.15, -0.1) is 0 Å². The summed E-state index contributed by atoms with van der Waals surface area (Å²) >= 11 is 0. The maximum absolute atomic E-state index is 12.7. The van der Waals surface area contributed by atoms with Crippen molar-refractivity contribution in [2.75, 3.05) is 18.4 Å². The second kappa shape index (κ2) is 8.86. The molecule has 162 valence electrons. The Hall–Kier alpha value is -3.24. The molecule has 1 aromatic heterocycles. The van der Waals surface area contributed by atoms with Gasteiger partial charge in [-0.25, -0.2) is 17.5 Å². The minimum Gasteiger partial charge on any atom is -0.326 e. The zero-order valence-electron chi connectivity index (χ0n) is 16.7. The van der Waals surface area contributed by atoms with Crippen LogP contribution in [0.3, 0.4) is 0 Å². The molecule has 4 rings (SSSR count). The predicted molar refractivity (Wildman–Crippen MR) is 115 cm³/mol. The fourth-order valence-electron chi connectivity index (χ4n) is 3.62. The number of carbonyl (C=O) groups is 1. The molecule has 2 heterocycles. The summed E-state index contributed by atoms with van der Waals surface area (Å²) in [6.45, 7) is 0.626. The van der Waals surface area contributed by atoms with Crippen LogP contribution in [0.1, 0.15) is 18.4 Å². The number of benzene rings is 2. The molecule has 9 nitrogen and oxygen atoms in total. The van der Waals surface area contributed by atoms with Crippen molar-refractivity contribution in [3.05, 3.63) is 70.7 Å². The van der Waals surface area contributed by atoms with Crippen LogP contribution in [-0.2, 0) is 20.6 Å². The number of amides is 1. The summed E-state index contributed by atoms with van der Waals surface area (Å²) in [6, 6.07) is 16.0. The van der Waals surface area contributed by atoms with Crippen molar-refractivity contribution in [1.29, 1.82) is 0 Å². The molecule has 0 radical (unpaired) electrons. The number of piperidine rings is 1. The standard InChI is InChI=1S/C21H22N4O5S/c26-20(22-18-8-4-7-17(13-18)19-23-21(27)30-24-19)16-9-11-25(12-10-16)31(28,29)14-15-5-2-1-3-6-15/h1-8,13,16H,9-12,14H2,(H,22,26)(H,23,24,27). The van der Waals surface area contributed by atoms with Crippen molar-refractivity contribution in [3.63, 3.8) is 0 Å². The van der Waals surface area contributed by atoms with Gasteiger partial charge >= 0.3 is 5.76 Å². The van der Waals surface area contributed by atoms with E-state index in [1.54, 1.807) is 36.4 Å². The van der Waals surface area contributed by atoms with Crippen LogP contribution >= 0.6 is 0 Å². The molecule has 0 atom stereocenters. The van der Waals surface area contributed by atoms with E-state index in [2.05, 4.69) is 20.0 Å². The lowest BCUT2D eigenvalue weighted by molar-refractivity contribution is -0.120.